The number of carboxylic acids is 1. The Hall–Kier alpha value is -1.10. The Balaban J connectivity index is 2.90. The molecule has 1 atom stereocenters. The van der Waals surface area contributed by atoms with Crippen molar-refractivity contribution < 1.29 is 14.7 Å². The lowest BCUT2D eigenvalue weighted by molar-refractivity contribution is -0.152. The van der Waals surface area contributed by atoms with E-state index < -0.39 is 23.3 Å². The maximum absolute atomic E-state index is 11.0. The van der Waals surface area contributed by atoms with Gasteiger partial charge in [-0.15, -0.1) is 0 Å². The van der Waals surface area contributed by atoms with Crippen LogP contribution in [0.2, 0.25) is 0 Å². The molecule has 1 saturated carbocycles. The molecule has 0 bridgehead atoms. The van der Waals surface area contributed by atoms with Crippen molar-refractivity contribution in [3.8, 4) is 0 Å². The van der Waals surface area contributed by atoms with Gasteiger partial charge in [-0.1, -0.05) is 12.8 Å². The van der Waals surface area contributed by atoms with E-state index in [9.17, 15) is 9.59 Å². The molecule has 0 aromatic carbocycles. The number of hydrogen-bond donors (Lipinski definition) is 3. The normalized spacial score (nSPS) is 22.5. The summed E-state index contributed by atoms with van der Waals surface area (Å²) in [6.45, 7) is 0. The number of amides is 1. The van der Waals surface area contributed by atoms with Crippen molar-refractivity contribution in [1.82, 2.24) is 0 Å². The Morgan fingerprint density at radius 3 is 2.08 bits per heavy atom. The summed E-state index contributed by atoms with van der Waals surface area (Å²) in [5, 5.41) is 9.00. The van der Waals surface area contributed by atoms with E-state index in [4.69, 9.17) is 16.6 Å². The van der Waals surface area contributed by atoms with E-state index in [1.165, 1.54) is 0 Å². The quantitative estimate of drug-likeness (QED) is 0.549. The van der Waals surface area contributed by atoms with Crippen LogP contribution < -0.4 is 11.5 Å². The molecule has 74 valence electrons. The largest absolute Gasteiger partial charge is 0.481 e. The van der Waals surface area contributed by atoms with Crippen molar-refractivity contribution in [3.63, 3.8) is 0 Å². The molecule has 13 heavy (non-hydrogen) atoms. The van der Waals surface area contributed by atoms with Crippen LogP contribution in [0.3, 0.4) is 0 Å². The van der Waals surface area contributed by atoms with Crippen LogP contribution in [-0.4, -0.2) is 23.0 Å². The minimum atomic E-state index is -1.11. The van der Waals surface area contributed by atoms with Crippen molar-refractivity contribution in [3.05, 3.63) is 0 Å². The number of nitrogens with two attached hydrogens (primary N) is 2. The summed E-state index contributed by atoms with van der Waals surface area (Å²) in [6.07, 6.45) is 2.50. The predicted molar refractivity (Wildman–Crippen MR) is 45.7 cm³/mol. The van der Waals surface area contributed by atoms with Gasteiger partial charge in [0.05, 0.1) is 5.41 Å². The number of rotatable bonds is 3. The van der Waals surface area contributed by atoms with Gasteiger partial charge >= 0.3 is 5.97 Å². The topological polar surface area (TPSA) is 106 Å². The molecule has 1 aliphatic rings. The first-order chi connectivity index (χ1) is 6.00. The lowest BCUT2D eigenvalue weighted by atomic mass is 9.78. The number of aliphatic carboxylic acids is 1. The molecule has 1 rings (SSSR count). The Labute approximate surface area is 76.1 Å². The Morgan fingerprint density at radius 1 is 1.31 bits per heavy atom. The van der Waals surface area contributed by atoms with Gasteiger partial charge < -0.3 is 16.6 Å². The van der Waals surface area contributed by atoms with Crippen molar-refractivity contribution in [2.45, 2.75) is 31.7 Å². The second-order valence-electron chi connectivity index (χ2n) is 3.55. The molecule has 5 heteroatoms. The Morgan fingerprint density at radius 2 is 1.77 bits per heavy atom. The fraction of sp³-hybridized carbons (Fsp3) is 0.750. The zero-order chi connectivity index (χ0) is 10.1. The fourth-order valence-electron chi connectivity index (χ4n) is 1.94. The maximum atomic E-state index is 11.0. The number of carboxylic acid groups (broad SMARTS) is 1. The van der Waals surface area contributed by atoms with E-state index >= 15 is 0 Å². The summed E-state index contributed by atoms with van der Waals surface area (Å²) in [5.41, 5.74) is 9.41. The van der Waals surface area contributed by atoms with Gasteiger partial charge in [0.15, 0.2) is 0 Å². The molecule has 1 amide bonds. The SMILES string of the molecule is NC(=O)[C@@H](N)C1(C(=O)O)CCCC1. The molecular formula is C8H14N2O3. The first kappa shape index (κ1) is 9.98. The molecule has 0 saturated heterocycles. The smallest absolute Gasteiger partial charge is 0.311 e. The summed E-state index contributed by atoms with van der Waals surface area (Å²) < 4.78 is 0. The van der Waals surface area contributed by atoms with Crippen LogP contribution in [0.15, 0.2) is 0 Å². The molecule has 1 aliphatic carbocycles. The number of hydrogen-bond acceptors (Lipinski definition) is 3. The number of carbonyl (C=O) groups excluding carboxylic acids is 1. The van der Waals surface area contributed by atoms with Crippen molar-refractivity contribution in [2.75, 3.05) is 0 Å². The molecule has 1 fully saturated rings. The summed E-state index contributed by atoms with van der Waals surface area (Å²) in [7, 11) is 0. The molecular weight excluding hydrogens is 172 g/mol. The highest BCUT2D eigenvalue weighted by Crippen LogP contribution is 2.40. The van der Waals surface area contributed by atoms with Crippen LogP contribution in [0.5, 0.6) is 0 Å². The van der Waals surface area contributed by atoms with E-state index in [-0.39, 0.29) is 0 Å². The highest BCUT2D eigenvalue weighted by Gasteiger charge is 2.48. The zero-order valence-electron chi connectivity index (χ0n) is 7.32. The molecule has 0 unspecified atom stereocenters. The van der Waals surface area contributed by atoms with Gasteiger partial charge in [-0.2, -0.15) is 0 Å². The van der Waals surface area contributed by atoms with Gasteiger partial charge in [-0.25, -0.2) is 0 Å². The van der Waals surface area contributed by atoms with Crippen LogP contribution in [0.4, 0.5) is 0 Å². The first-order valence-corrected chi connectivity index (χ1v) is 4.29. The van der Waals surface area contributed by atoms with Gasteiger partial charge in [-0.05, 0) is 12.8 Å². The van der Waals surface area contributed by atoms with Crippen LogP contribution >= 0.6 is 0 Å². The highest BCUT2D eigenvalue weighted by atomic mass is 16.4. The van der Waals surface area contributed by atoms with E-state index in [1.54, 1.807) is 0 Å². The maximum Gasteiger partial charge on any atom is 0.311 e. The van der Waals surface area contributed by atoms with Crippen LogP contribution in [0.1, 0.15) is 25.7 Å². The minimum Gasteiger partial charge on any atom is -0.481 e. The molecule has 0 aliphatic heterocycles. The van der Waals surface area contributed by atoms with Crippen LogP contribution in [0.25, 0.3) is 0 Å². The van der Waals surface area contributed by atoms with E-state index in [1.807, 2.05) is 0 Å². The third-order valence-corrected chi connectivity index (χ3v) is 2.82. The summed E-state index contributed by atoms with van der Waals surface area (Å²) in [6, 6.07) is -1.06. The molecule has 0 radical (unpaired) electrons. The predicted octanol–water partition coefficient (Wildman–Crippen LogP) is -0.556. The third kappa shape index (κ3) is 1.51. The standard InChI is InChI=1S/C8H14N2O3/c9-5(6(10)11)8(7(12)13)3-1-2-4-8/h5H,1-4,9H2,(H2,10,11)(H,12,13)/t5-/m1/s1. The average Bonchev–Trinajstić information content (AvgIpc) is 2.51. The molecule has 0 aromatic heterocycles. The average molecular weight is 186 g/mol. The highest BCUT2D eigenvalue weighted by molar-refractivity contribution is 5.89. The monoisotopic (exact) mass is 186 g/mol. The molecule has 0 spiro atoms. The fourth-order valence-corrected chi connectivity index (χ4v) is 1.94. The van der Waals surface area contributed by atoms with E-state index in [0.717, 1.165) is 12.8 Å². The number of carbonyl (C=O) groups is 2. The van der Waals surface area contributed by atoms with Crippen LogP contribution in [0, 0.1) is 5.41 Å². The van der Waals surface area contributed by atoms with Crippen molar-refractivity contribution in [2.24, 2.45) is 16.9 Å². The summed E-state index contributed by atoms with van der Waals surface area (Å²) in [4.78, 5) is 21.8. The molecule has 5 nitrogen and oxygen atoms in total. The van der Waals surface area contributed by atoms with Gasteiger partial charge in [0, 0.05) is 0 Å². The lowest BCUT2D eigenvalue weighted by Gasteiger charge is -2.28. The zero-order valence-corrected chi connectivity index (χ0v) is 7.32. The number of primary amides is 1. The van der Waals surface area contributed by atoms with E-state index in [2.05, 4.69) is 0 Å². The third-order valence-electron chi connectivity index (χ3n) is 2.82. The first-order valence-electron chi connectivity index (χ1n) is 4.29. The summed E-state index contributed by atoms with van der Waals surface area (Å²) in [5.74, 6) is -1.74. The lowest BCUT2D eigenvalue weighted by Crippen LogP contribution is -2.53. The second kappa shape index (κ2) is 3.33. The van der Waals surface area contributed by atoms with Gasteiger partial charge in [0.2, 0.25) is 5.91 Å². The van der Waals surface area contributed by atoms with Crippen LogP contribution in [-0.2, 0) is 9.59 Å². The molecule has 0 aromatic rings. The van der Waals surface area contributed by atoms with Gasteiger partial charge in [-0.3, -0.25) is 9.59 Å². The second-order valence-corrected chi connectivity index (χ2v) is 3.55. The van der Waals surface area contributed by atoms with Gasteiger partial charge in [0.25, 0.3) is 0 Å². The van der Waals surface area contributed by atoms with E-state index in [0.29, 0.717) is 12.8 Å². The summed E-state index contributed by atoms with van der Waals surface area (Å²) >= 11 is 0. The Kier molecular flexibility index (Phi) is 2.56. The Bertz CT molecular complexity index is 234. The molecule has 0 heterocycles. The minimum absolute atomic E-state index is 0.451. The van der Waals surface area contributed by atoms with Crippen molar-refractivity contribution in [1.29, 1.82) is 0 Å². The molecule has 5 N–H and O–H groups in total. The van der Waals surface area contributed by atoms with Crippen molar-refractivity contribution >= 4 is 11.9 Å². The van der Waals surface area contributed by atoms with Gasteiger partial charge in [0.1, 0.15) is 6.04 Å².